The minimum atomic E-state index is -1.93. The summed E-state index contributed by atoms with van der Waals surface area (Å²) in [4.78, 5) is 1.18. The molecule has 1 heterocycles. The highest BCUT2D eigenvalue weighted by Gasteiger charge is 2.43. The van der Waals surface area contributed by atoms with E-state index in [9.17, 15) is 0 Å². The molecule has 0 unspecified atom stereocenters. The predicted octanol–water partition coefficient (Wildman–Crippen LogP) is 7.09. The second-order valence-corrected chi connectivity index (χ2v) is 19.6. The van der Waals surface area contributed by atoms with Gasteiger partial charge in [-0.2, -0.15) is 0 Å². The molecule has 0 N–H and O–H groups in total. The molecule has 23 heavy (non-hydrogen) atoms. The van der Waals surface area contributed by atoms with Crippen molar-refractivity contribution in [3.63, 3.8) is 0 Å². The summed E-state index contributed by atoms with van der Waals surface area (Å²) in [5.74, 6) is 0.714. The molecule has 0 amide bonds. The van der Waals surface area contributed by atoms with Crippen molar-refractivity contribution >= 4 is 34.0 Å². The fraction of sp³-hybridized carbons (Fsp3) is 0.667. The maximum absolute atomic E-state index is 6.53. The number of rotatable bonds is 5. The predicted molar refractivity (Wildman–Crippen MR) is 109 cm³/mol. The van der Waals surface area contributed by atoms with Gasteiger partial charge >= 0.3 is 0 Å². The van der Waals surface area contributed by atoms with Crippen LogP contribution < -0.4 is 0 Å². The minimum absolute atomic E-state index is 0.151. The number of thiophene rings is 1. The Balaban J connectivity index is 3.15. The van der Waals surface area contributed by atoms with Crippen LogP contribution in [0.4, 0.5) is 0 Å². The zero-order valence-corrected chi connectivity index (χ0v) is 19.4. The van der Waals surface area contributed by atoms with E-state index in [0.29, 0.717) is 5.95 Å². The van der Waals surface area contributed by atoms with Crippen LogP contribution >= 0.6 is 11.3 Å². The first-order valence-electron chi connectivity index (χ1n) is 8.29. The minimum Gasteiger partial charge on any atom is -0.520 e. The lowest BCUT2D eigenvalue weighted by atomic mass is 10.2. The molecule has 0 saturated heterocycles. The molecule has 0 aliphatic rings. The molecule has 132 valence electrons. The van der Waals surface area contributed by atoms with Gasteiger partial charge in [-0.05, 0) is 47.7 Å². The molecule has 0 fully saturated rings. The Morgan fingerprint density at radius 1 is 0.913 bits per heavy atom. The number of hydrogen-bond donors (Lipinski definition) is 0. The fourth-order valence-corrected chi connectivity index (χ4v) is 3.92. The van der Waals surface area contributed by atoms with Crippen molar-refractivity contribution in [2.45, 2.75) is 77.8 Å². The van der Waals surface area contributed by atoms with Gasteiger partial charge in [0.05, 0.1) is 0 Å². The first-order valence-corrected chi connectivity index (χ1v) is 15.0. The van der Waals surface area contributed by atoms with Crippen molar-refractivity contribution in [1.29, 1.82) is 0 Å². The first-order chi connectivity index (χ1) is 10.2. The Morgan fingerprint density at radius 3 is 1.65 bits per heavy atom. The average Bonchev–Trinajstić information content (AvgIpc) is 2.77. The summed E-state index contributed by atoms with van der Waals surface area (Å²) in [5, 5.41) is 2.39. The Kier molecular flexibility index (Phi) is 6.04. The largest absolute Gasteiger partial charge is 0.520 e. The molecule has 0 aromatic carbocycles. The summed E-state index contributed by atoms with van der Waals surface area (Å²) in [7, 11) is -3.85. The summed E-state index contributed by atoms with van der Waals surface area (Å²) in [6.07, 6.45) is 2.08. The van der Waals surface area contributed by atoms with Crippen LogP contribution in [0, 0.1) is 0 Å². The Bertz CT molecular complexity index is 502. The molecule has 1 rings (SSSR count). The number of hydrogen-bond acceptors (Lipinski definition) is 3. The molecule has 0 bridgehead atoms. The smallest absolute Gasteiger partial charge is 0.254 e. The summed E-state index contributed by atoms with van der Waals surface area (Å²) in [6, 6.07) is 4.17. The van der Waals surface area contributed by atoms with E-state index in [1.54, 1.807) is 11.3 Å². The van der Waals surface area contributed by atoms with Gasteiger partial charge in [0.1, 0.15) is 0 Å². The SMILES string of the molecule is CC(C)(C)[Si](C)(C)OC(=Cc1cccs1)O[Si](C)(C)C(C)(C)C. The molecule has 0 saturated carbocycles. The van der Waals surface area contributed by atoms with Crippen LogP contribution in [-0.2, 0) is 8.85 Å². The lowest BCUT2D eigenvalue weighted by Gasteiger charge is -2.41. The summed E-state index contributed by atoms with van der Waals surface area (Å²) < 4.78 is 13.1. The topological polar surface area (TPSA) is 18.5 Å². The van der Waals surface area contributed by atoms with Crippen LogP contribution in [0.15, 0.2) is 23.5 Å². The van der Waals surface area contributed by atoms with E-state index in [2.05, 4.69) is 91.3 Å². The standard InChI is InChI=1S/C18H34O2SSi2/c1-17(2,3)22(7,8)19-16(14-15-12-11-13-21-15)20-23(9,10)18(4,5)6/h11-14H,1-10H3. The molecule has 0 aliphatic heterocycles. The van der Waals surface area contributed by atoms with Crippen LogP contribution in [0.1, 0.15) is 46.4 Å². The molecule has 1 aromatic rings. The normalized spacial score (nSPS) is 13.7. The summed E-state index contributed by atoms with van der Waals surface area (Å²) in [6.45, 7) is 22.6. The van der Waals surface area contributed by atoms with E-state index >= 15 is 0 Å². The lowest BCUT2D eigenvalue weighted by Crippen LogP contribution is -2.45. The third kappa shape index (κ3) is 5.50. The Morgan fingerprint density at radius 2 is 1.35 bits per heavy atom. The van der Waals surface area contributed by atoms with Gasteiger partial charge in [0.2, 0.25) is 0 Å². The molecule has 1 aromatic heterocycles. The molecular weight excluding hydrogens is 336 g/mol. The molecule has 0 spiro atoms. The highest BCUT2D eigenvalue weighted by molar-refractivity contribution is 7.10. The van der Waals surface area contributed by atoms with Crippen molar-refractivity contribution in [3.8, 4) is 0 Å². The van der Waals surface area contributed by atoms with Gasteiger partial charge in [0.25, 0.3) is 22.6 Å². The van der Waals surface area contributed by atoms with Gasteiger partial charge < -0.3 is 8.85 Å². The lowest BCUT2D eigenvalue weighted by molar-refractivity contribution is 0.202. The van der Waals surface area contributed by atoms with Crippen LogP contribution in [-0.4, -0.2) is 16.6 Å². The summed E-state index contributed by atoms with van der Waals surface area (Å²) in [5.41, 5.74) is 0. The molecule has 2 nitrogen and oxygen atoms in total. The highest BCUT2D eigenvalue weighted by Crippen LogP contribution is 2.42. The van der Waals surface area contributed by atoms with Crippen molar-refractivity contribution in [3.05, 3.63) is 28.3 Å². The van der Waals surface area contributed by atoms with Crippen LogP contribution in [0.3, 0.4) is 0 Å². The van der Waals surface area contributed by atoms with E-state index in [4.69, 9.17) is 8.85 Å². The van der Waals surface area contributed by atoms with Gasteiger partial charge in [-0.1, -0.05) is 47.6 Å². The summed E-state index contributed by atoms with van der Waals surface area (Å²) >= 11 is 1.71. The van der Waals surface area contributed by atoms with Crippen LogP contribution in [0.25, 0.3) is 6.08 Å². The van der Waals surface area contributed by atoms with Crippen molar-refractivity contribution in [1.82, 2.24) is 0 Å². The third-order valence-electron chi connectivity index (χ3n) is 5.13. The first kappa shape index (κ1) is 20.5. The Hall–Kier alpha value is -0.526. The molecule has 0 atom stereocenters. The van der Waals surface area contributed by atoms with Gasteiger partial charge in [-0.3, -0.25) is 0 Å². The molecular formula is C18H34O2SSi2. The van der Waals surface area contributed by atoms with E-state index in [1.807, 2.05) is 0 Å². The quantitative estimate of drug-likeness (QED) is 0.407. The average molecular weight is 371 g/mol. The van der Waals surface area contributed by atoms with E-state index < -0.39 is 16.6 Å². The Labute approximate surface area is 149 Å². The van der Waals surface area contributed by atoms with Crippen molar-refractivity contribution in [2.75, 3.05) is 0 Å². The molecule has 0 aliphatic carbocycles. The van der Waals surface area contributed by atoms with Crippen molar-refractivity contribution in [2.24, 2.45) is 0 Å². The second kappa shape index (κ2) is 6.77. The zero-order chi connectivity index (χ0) is 18.1. The van der Waals surface area contributed by atoms with Crippen molar-refractivity contribution < 1.29 is 8.85 Å². The maximum atomic E-state index is 6.53. The maximum Gasteiger partial charge on any atom is 0.254 e. The van der Waals surface area contributed by atoms with E-state index in [-0.39, 0.29) is 10.1 Å². The zero-order valence-electron chi connectivity index (χ0n) is 16.5. The van der Waals surface area contributed by atoms with Gasteiger partial charge in [0.15, 0.2) is 0 Å². The van der Waals surface area contributed by atoms with Crippen LogP contribution in [0.2, 0.25) is 36.3 Å². The second-order valence-electron chi connectivity index (χ2n) is 9.20. The molecule has 5 heteroatoms. The fourth-order valence-electron chi connectivity index (χ4n) is 1.38. The van der Waals surface area contributed by atoms with E-state index in [0.717, 1.165) is 0 Å². The molecule has 0 radical (unpaired) electrons. The van der Waals surface area contributed by atoms with E-state index in [1.165, 1.54) is 4.88 Å². The van der Waals surface area contributed by atoms with Gasteiger partial charge in [-0.25, -0.2) is 0 Å². The third-order valence-corrected chi connectivity index (χ3v) is 14.6. The van der Waals surface area contributed by atoms with Gasteiger partial charge in [-0.15, -0.1) is 11.3 Å². The highest BCUT2D eigenvalue weighted by atomic mass is 32.1. The monoisotopic (exact) mass is 370 g/mol. The van der Waals surface area contributed by atoms with Crippen LogP contribution in [0.5, 0.6) is 0 Å². The van der Waals surface area contributed by atoms with Gasteiger partial charge in [0, 0.05) is 11.0 Å².